The van der Waals surface area contributed by atoms with Crippen LogP contribution in [-0.4, -0.2) is 73.3 Å². The first-order valence-electron chi connectivity index (χ1n) is 10.2. The van der Waals surface area contributed by atoms with Gasteiger partial charge in [0.1, 0.15) is 0 Å². The Morgan fingerprint density at radius 1 is 1.12 bits per heavy atom. The van der Waals surface area contributed by atoms with Crippen molar-refractivity contribution < 1.29 is 4.74 Å². The topological polar surface area (TPSA) is 40.1 Å². The van der Waals surface area contributed by atoms with E-state index in [-0.39, 0.29) is 24.0 Å². The lowest BCUT2D eigenvalue weighted by atomic mass is 9.82. The summed E-state index contributed by atoms with van der Waals surface area (Å²) in [4.78, 5) is 10.1. The van der Waals surface area contributed by atoms with E-state index in [0.29, 0.717) is 12.2 Å². The first-order chi connectivity index (χ1) is 11.8. The Kier molecular flexibility index (Phi) is 6.88. The Labute approximate surface area is 170 Å². The summed E-state index contributed by atoms with van der Waals surface area (Å²) in [5, 5.41) is 3.53. The quantitative estimate of drug-likeness (QED) is 0.396. The number of likely N-dealkylation sites (tertiary alicyclic amines) is 2. The van der Waals surface area contributed by atoms with Crippen LogP contribution in [0.25, 0.3) is 0 Å². The normalized spacial score (nSPS) is 37.9. The number of ether oxygens (including phenoxy) is 1. The molecule has 6 heteroatoms. The third-order valence-corrected chi connectivity index (χ3v) is 6.68. The Bertz CT molecular complexity index is 456. The number of rotatable bonds is 4. The number of hydrogen-bond acceptors (Lipinski definition) is 3. The van der Waals surface area contributed by atoms with E-state index in [4.69, 9.17) is 9.73 Å². The lowest BCUT2D eigenvalue weighted by Gasteiger charge is -2.33. The van der Waals surface area contributed by atoms with Crippen LogP contribution in [-0.2, 0) is 4.74 Å². The Morgan fingerprint density at radius 3 is 2.48 bits per heavy atom. The highest BCUT2D eigenvalue weighted by atomic mass is 127. The summed E-state index contributed by atoms with van der Waals surface area (Å²) < 4.78 is 6.11. The van der Waals surface area contributed by atoms with Gasteiger partial charge in [0.2, 0.25) is 0 Å². The van der Waals surface area contributed by atoms with E-state index < -0.39 is 0 Å². The number of guanidine groups is 1. The van der Waals surface area contributed by atoms with Gasteiger partial charge in [0.25, 0.3) is 0 Å². The minimum Gasteiger partial charge on any atom is -0.374 e. The number of hydrogen-bond donors (Lipinski definition) is 1. The molecule has 1 N–H and O–H groups in total. The van der Waals surface area contributed by atoms with E-state index in [1.54, 1.807) is 0 Å². The number of halogens is 1. The molecule has 5 atom stereocenters. The zero-order valence-electron chi connectivity index (χ0n) is 15.8. The highest BCUT2D eigenvalue weighted by Crippen LogP contribution is 2.47. The van der Waals surface area contributed by atoms with E-state index in [1.165, 1.54) is 38.6 Å². The molecule has 4 aliphatic rings. The molecule has 5 nitrogen and oxygen atoms in total. The highest BCUT2D eigenvalue weighted by Gasteiger charge is 2.53. The summed E-state index contributed by atoms with van der Waals surface area (Å²) in [7, 11) is 0. The molecule has 4 fully saturated rings. The van der Waals surface area contributed by atoms with Crippen molar-refractivity contribution in [1.29, 1.82) is 0 Å². The van der Waals surface area contributed by atoms with Gasteiger partial charge in [-0.25, -0.2) is 0 Å². The SMILES string of the molecule is CCNC(=NCCN1CCCCC1C)N1CC2C3CCC(O3)C2C1.I. The predicted octanol–water partition coefficient (Wildman–Crippen LogP) is 2.55. The molecule has 0 saturated carbocycles. The monoisotopic (exact) mass is 462 g/mol. The number of nitrogens with zero attached hydrogens (tertiary/aromatic N) is 3. The summed E-state index contributed by atoms with van der Waals surface area (Å²) >= 11 is 0. The van der Waals surface area contributed by atoms with Crippen molar-refractivity contribution in [2.75, 3.05) is 39.3 Å². The minimum absolute atomic E-state index is 0. The van der Waals surface area contributed by atoms with Gasteiger partial charge in [-0.3, -0.25) is 9.89 Å². The molecule has 0 aliphatic carbocycles. The molecule has 4 heterocycles. The highest BCUT2D eigenvalue weighted by molar-refractivity contribution is 14.0. The molecule has 0 spiro atoms. The van der Waals surface area contributed by atoms with Crippen molar-refractivity contribution in [3.8, 4) is 0 Å². The Balaban J connectivity index is 0.00000182. The summed E-state index contributed by atoms with van der Waals surface area (Å²) in [5.74, 6) is 2.63. The fourth-order valence-corrected chi connectivity index (χ4v) is 5.33. The molecule has 2 bridgehead atoms. The van der Waals surface area contributed by atoms with Crippen LogP contribution >= 0.6 is 24.0 Å². The largest absolute Gasteiger partial charge is 0.374 e. The van der Waals surface area contributed by atoms with Crippen LogP contribution in [0, 0.1) is 11.8 Å². The van der Waals surface area contributed by atoms with Gasteiger partial charge in [-0.1, -0.05) is 6.42 Å². The van der Waals surface area contributed by atoms with Gasteiger partial charge in [-0.15, -0.1) is 24.0 Å². The molecule has 4 rings (SSSR count). The standard InChI is InChI=1S/C19H34N4O.HI/c1-3-20-19(21-9-11-22-10-5-4-6-14(22)2)23-12-15-16(13-23)18-8-7-17(15)24-18;/h14-18H,3-13H2,1-2H3,(H,20,21);1H. The van der Waals surface area contributed by atoms with Gasteiger partial charge in [0, 0.05) is 44.1 Å². The molecule has 0 radical (unpaired) electrons. The maximum absolute atomic E-state index is 6.11. The first-order valence-corrected chi connectivity index (χ1v) is 10.2. The van der Waals surface area contributed by atoms with Crippen LogP contribution in [0.3, 0.4) is 0 Å². The number of aliphatic imine (C=N–C) groups is 1. The predicted molar refractivity (Wildman–Crippen MR) is 113 cm³/mol. The molecule has 4 aliphatic heterocycles. The Morgan fingerprint density at radius 2 is 1.84 bits per heavy atom. The molecule has 0 aromatic carbocycles. The van der Waals surface area contributed by atoms with Crippen LogP contribution in [0.5, 0.6) is 0 Å². The van der Waals surface area contributed by atoms with Crippen LogP contribution in [0.2, 0.25) is 0 Å². The van der Waals surface area contributed by atoms with Gasteiger partial charge in [-0.05, 0) is 46.1 Å². The molecule has 0 aromatic rings. The van der Waals surface area contributed by atoms with Crippen LogP contribution < -0.4 is 5.32 Å². The summed E-state index contributed by atoms with van der Waals surface area (Å²) in [5.41, 5.74) is 0. The van der Waals surface area contributed by atoms with Crippen LogP contribution in [0.4, 0.5) is 0 Å². The fourth-order valence-electron chi connectivity index (χ4n) is 5.33. The van der Waals surface area contributed by atoms with Gasteiger partial charge >= 0.3 is 0 Å². The van der Waals surface area contributed by atoms with Gasteiger partial charge in [0.15, 0.2) is 5.96 Å². The average molecular weight is 462 g/mol. The number of nitrogens with one attached hydrogen (secondary N) is 1. The first kappa shape index (κ1) is 19.7. The van der Waals surface area contributed by atoms with Crippen molar-refractivity contribution in [3.05, 3.63) is 0 Å². The van der Waals surface area contributed by atoms with E-state index in [2.05, 4.69) is 29.0 Å². The maximum Gasteiger partial charge on any atom is 0.193 e. The summed E-state index contributed by atoms with van der Waals surface area (Å²) in [6.45, 7) is 11.0. The molecule has 25 heavy (non-hydrogen) atoms. The molecule has 144 valence electrons. The van der Waals surface area contributed by atoms with Crippen molar-refractivity contribution >= 4 is 29.9 Å². The van der Waals surface area contributed by atoms with Crippen LogP contribution in [0.15, 0.2) is 4.99 Å². The Hall–Kier alpha value is -0.0800. The van der Waals surface area contributed by atoms with Gasteiger partial charge < -0.3 is 15.0 Å². The minimum atomic E-state index is 0. The van der Waals surface area contributed by atoms with Crippen molar-refractivity contribution in [1.82, 2.24) is 15.1 Å². The molecule has 0 aromatic heterocycles. The lowest BCUT2D eigenvalue weighted by Crippen LogP contribution is -2.42. The van der Waals surface area contributed by atoms with Crippen molar-refractivity contribution in [2.24, 2.45) is 16.8 Å². The van der Waals surface area contributed by atoms with Gasteiger partial charge in [-0.2, -0.15) is 0 Å². The smallest absolute Gasteiger partial charge is 0.193 e. The molecular weight excluding hydrogens is 427 g/mol. The zero-order chi connectivity index (χ0) is 16.5. The molecular formula is C19H35IN4O. The third-order valence-electron chi connectivity index (χ3n) is 6.68. The fraction of sp³-hybridized carbons (Fsp3) is 0.947. The van der Waals surface area contributed by atoms with E-state index in [0.717, 1.165) is 56.6 Å². The summed E-state index contributed by atoms with van der Waals surface area (Å²) in [6, 6.07) is 0.732. The van der Waals surface area contributed by atoms with Crippen molar-refractivity contribution in [2.45, 2.75) is 64.2 Å². The molecule has 5 unspecified atom stereocenters. The maximum atomic E-state index is 6.11. The molecule has 0 amide bonds. The third kappa shape index (κ3) is 4.10. The second-order valence-corrected chi connectivity index (χ2v) is 8.14. The van der Waals surface area contributed by atoms with Crippen molar-refractivity contribution in [3.63, 3.8) is 0 Å². The molecule has 4 saturated heterocycles. The van der Waals surface area contributed by atoms with E-state index >= 15 is 0 Å². The van der Waals surface area contributed by atoms with Crippen LogP contribution in [0.1, 0.15) is 46.0 Å². The zero-order valence-corrected chi connectivity index (χ0v) is 18.2. The lowest BCUT2D eigenvalue weighted by molar-refractivity contribution is 0.0767. The van der Waals surface area contributed by atoms with E-state index in [1.807, 2.05) is 0 Å². The summed E-state index contributed by atoms with van der Waals surface area (Å²) in [6.07, 6.45) is 7.71. The second kappa shape index (κ2) is 8.74. The van der Waals surface area contributed by atoms with Gasteiger partial charge in [0.05, 0.1) is 18.8 Å². The van der Waals surface area contributed by atoms with E-state index in [9.17, 15) is 0 Å². The average Bonchev–Trinajstić information content (AvgIpc) is 3.28. The second-order valence-electron chi connectivity index (χ2n) is 8.14. The number of piperidine rings is 1. The number of fused-ring (bicyclic) bond motifs is 5.